The summed E-state index contributed by atoms with van der Waals surface area (Å²) in [6.07, 6.45) is 5.05. The van der Waals surface area contributed by atoms with E-state index < -0.39 is 21.3 Å². The molecule has 2 unspecified atom stereocenters. The van der Waals surface area contributed by atoms with E-state index in [0.717, 1.165) is 19.3 Å². The molecule has 4 aliphatic carbocycles. The van der Waals surface area contributed by atoms with Crippen LogP contribution in [-0.4, -0.2) is 33.4 Å². The maximum atomic E-state index is 13.5. The van der Waals surface area contributed by atoms with E-state index in [1.165, 1.54) is 12.8 Å². The molecule has 4 rings (SSSR count). The van der Waals surface area contributed by atoms with E-state index in [0.29, 0.717) is 24.9 Å². The first-order valence-corrected chi connectivity index (χ1v) is 8.45. The number of rotatable bonds is 5. The van der Waals surface area contributed by atoms with Crippen molar-refractivity contribution in [2.45, 2.75) is 37.4 Å². The zero-order chi connectivity index (χ0) is 15.5. The summed E-state index contributed by atoms with van der Waals surface area (Å²) >= 11 is 0. The number of alkyl halides is 2. The van der Waals surface area contributed by atoms with Crippen molar-refractivity contribution in [3.63, 3.8) is 0 Å². The van der Waals surface area contributed by atoms with Crippen LogP contribution in [0.4, 0.5) is 8.78 Å². The molecule has 0 aromatic heterocycles. The molecule has 0 N–H and O–H groups in total. The third-order valence-electron chi connectivity index (χ3n) is 5.33. The molecule has 5 nitrogen and oxygen atoms in total. The smallest absolute Gasteiger partial charge is 0.460 e. The SMILES string of the molecule is COS(=O)(=O)C(F)(F)C(=O)OCC12CC3CC(C1)C(C3)C2. The lowest BCUT2D eigenvalue weighted by molar-refractivity contribution is -0.166. The minimum atomic E-state index is -5.28. The maximum absolute atomic E-state index is 13.5. The summed E-state index contributed by atoms with van der Waals surface area (Å²) in [7, 11) is -4.69. The molecule has 2 atom stereocenters. The van der Waals surface area contributed by atoms with Gasteiger partial charge in [-0.3, -0.25) is 4.18 Å². The van der Waals surface area contributed by atoms with Crippen LogP contribution in [0, 0.1) is 23.2 Å². The lowest BCUT2D eigenvalue weighted by Crippen LogP contribution is -2.42. The summed E-state index contributed by atoms with van der Waals surface area (Å²) in [5.41, 5.74) is -0.223. The number of carbonyl (C=O) groups excluding carboxylic acids is 1. The van der Waals surface area contributed by atoms with Crippen LogP contribution in [0.5, 0.6) is 0 Å². The Kier molecular flexibility index (Phi) is 3.33. The second-order valence-corrected chi connectivity index (χ2v) is 8.44. The van der Waals surface area contributed by atoms with Gasteiger partial charge in [-0.2, -0.15) is 17.2 Å². The molecule has 0 aromatic carbocycles. The Bertz CT molecular complexity index is 539. The third-order valence-corrected chi connectivity index (χ3v) is 6.56. The number of esters is 1. The van der Waals surface area contributed by atoms with E-state index in [4.69, 9.17) is 0 Å². The fourth-order valence-corrected chi connectivity index (χ4v) is 5.14. The van der Waals surface area contributed by atoms with Crippen LogP contribution in [-0.2, 0) is 23.8 Å². The molecule has 120 valence electrons. The topological polar surface area (TPSA) is 69.7 Å². The Morgan fingerprint density at radius 3 is 2.29 bits per heavy atom. The molecule has 0 amide bonds. The van der Waals surface area contributed by atoms with Crippen LogP contribution in [0.3, 0.4) is 0 Å². The average Bonchev–Trinajstić information content (AvgIpc) is 2.83. The molecule has 4 aliphatic rings. The molecule has 0 aromatic rings. The Balaban J connectivity index is 1.65. The van der Waals surface area contributed by atoms with Gasteiger partial charge in [-0.15, -0.1) is 0 Å². The molecule has 4 saturated carbocycles. The van der Waals surface area contributed by atoms with Crippen molar-refractivity contribution in [1.29, 1.82) is 0 Å². The summed E-state index contributed by atoms with van der Waals surface area (Å²) in [6, 6.07) is 0. The summed E-state index contributed by atoms with van der Waals surface area (Å²) in [5, 5.41) is -4.66. The van der Waals surface area contributed by atoms with Crippen molar-refractivity contribution in [3.05, 3.63) is 0 Å². The molecule has 8 heteroatoms. The lowest BCUT2D eigenvalue weighted by Gasteiger charge is -2.37. The highest BCUT2D eigenvalue weighted by Gasteiger charge is 2.59. The van der Waals surface area contributed by atoms with Crippen LogP contribution < -0.4 is 0 Å². The Hall–Kier alpha value is -0.760. The van der Waals surface area contributed by atoms with Crippen molar-refractivity contribution in [2.24, 2.45) is 23.2 Å². The molecule has 0 aliphatic heterocycles. The largest absolute Gasteiger partial charge is 0.466 e. The maximum Gasteiger partial charge on any atom is 0.466 e. The molecule has 4 fully saturated rings. The molecule has 0 saturated heterocycles. The molecular weight excluding hydrogens is 306 g/mol. The van der Waals surface area contributed by atoms with Gasteiger partial charge < -0.3 is 4.74 Å². The Labute approximate surface area is 122 Å². The number of halogens is 2. The molecule has 21 heavy (non-hydrogen) atoms. The van der Waals surface area contributed by atoms with Crippen LogP contribution in [0.25, 0.3) is 0 Å². The van der Waals surface area contributed by atoms with Crippen LogP contribution >= 0.6 is 0 Å². The van der Waals surface area contributed by atoms with Crippen molar-refractivity contribution in [3.8, 4) is 0 Å². The summed E-state index contributed by atoms with van der Waals surface area (Å²) in [6.45, 7) is -0.121. The molecule has 0 radical (unpaired) electrons. The monoisotopic (exact) mass is 324 g/mol. The molecule has 0 heterocycles. The van der Waals surface area contributed by atoms with E-state index in [1.54, 1.807) is 0 Å². The van der Waals surface area contributed by atoms with Gasteiger partial charge in [-0.25, -0.2) is 4.79 Å². The summed E-state index contributed by atoms with van der Waals surface area (Å²) in [5.74, 6) is -0.206. The number of hydrogen-bond acceptors (Lipinski definition) is 5. The first-order valence-electron chi connectivity index (χ1n) is 7.04. The van der Waals surface area contributed by atoms with E-state index in [2.05, 4.69) is 8.92 Å². The van der Waals surface area contributed by atoms with Gasteiger partial charge in [0, 0.05) is 5.41 Å². The quantitative estimate of drug-likeness (QED) is 0.571. The van der Waals surface area contributed by atoms with Crippen molar-refractivity contribution >= 4 is 16.1 Å². The van der Waals surface area contributed by atoms with Gasteiger partial charge in [0.1, 0.15) is 0 Å². The fraction of sp³-hybridized carbons (Fsp3) is 0.923. The van der Waals surface area contributed by atoms with Gasteiger partial charge in [0.15, 0.2) is 0 Å². The molecule has 0 spiro atoms. The van der Waals surface area contributed by atoms with Crippen molar-refractivity contribution in [1.82, 2.24) is 0 Å². The van der Waals surface area contributed by atoms with Gasteiger partial charge in [0.05, 0.1) is 13.7 Å². The highest BCUT2D eigenvalue weighted by molar-refractivity contribution is 7.88. The van der Waals surface area contributed by atoms with Crippen molar-refractivity contribution < 1.29 is 30.9 Å². The zero-order valence-corrected chi connectivity index (χ0v) is 12.5. The summed E-state index contributed by atoms with van der Waals surface area (Å²) in [4.78, 5) is 11.4. The first-order chi connectivity index (χ1) is 9.69. The number of ether oxygens (including phenoxy) is 1. The van der Waals surface area contributed by atoms with Crippen LogP contribution in [0.2, 0.25) is 0 Å². The fourth-order valence-electron chi connectivity index (χ4n) is 4.66. The first kappa shape index (κ1) is 15.1. The average molecular weight is 324 g/mol. The Morgan fingerprint density at radius 1 is 1.24 bits per heavy atom. The normalized spacial score (nSPS) is 38.0. The van der Waals surface area contributed by atoms with E-state index in [-0.39, 0.29) is 12.0 Å². The number of hydrogen-bond donors (Lipinski definition) is 0. The van der Waals surface area contributed by atoms with E-state index >= 15 is 0 Å². The molecule has 4 bridgehead atoms. The standard InChI is InChI=1S/C13H18F2O5S/c1-19-21(17,18)13(14,15)11(16)20-7-12-4-8-2-9(5-12)10(3-8)6-12/h8-10H,2-7H2,1H3. The summed E-state index contributed by atoms with van der Waals surface area (Å²) < 4.78 is 57.5. The predicted octanol–water partition coefficient (Wildman–Crippen LogP) is 1.92. The van der Waals surface area contributed by atoms with Gasteiger partial charge in [0.25, 0.3) is 0 Å². The highest BCUT2D eigenvalue weighted by atomic mass is 32.2. The van der Waals surface area contributed by atoms with E-state index in [1.807, 2.05) is 0 Å². The van der Waals surface area contributed by atoms with Crippen molar-refractivity contribution in [2.75, 3.05) is 13.7 Å². The van der Waals surface area contributed by atoms with Gasteiger partial charge in [-0.1, -0.05) is 0 Å². The van der Waals surface area contributed by atoms with Crippen LogP contribution in [0.1, 0.15) is 32.1 Å². The van der Waals surface area contributed by atoms with Gasteiger partial charge >= 0.3 is 21.3 Å². The zero-order valence-electron chi connectivity index (χ0n) is 11.7. The third kappa shape index (κ3) is 2.27. The van der Waals surface area contributed by atoms with Crippen LogP contribution in [0.15, 0.2) is 0 Å². The lowest BCUT2D eigenvalue weighted by atomic mass is 9.70. The second kappa shape index (κ2) is 4.62. The van der Waals surface area contributed by atoms with E-state index in [9.17, 15) is 22.0 Å². The van der Waals surface area contributed by atoms with Gasteiger partial charge in [0.2, 0.25) is 0 Å². The minimum absolute atomic E-state index is 0.121. The predicted molar refractivity (Wildman–Crippen MR) is 67.8 cm³/mol. The number of carbonyl (C=O) groups is 1. The second-order valence-electron chi connectivity index (χ2n) is 6.68. The Morgan fingerprint density at radius 2 is 1.81 bits per heavy atom. The molecular formula is C13H18F2O5S. The highest BCUT2D eigenvalue weighted by Crippen LogP contribution is 2.64. The van der Waals surface area contributed by atoms with Gasteiger partial charge in [-0.05, 0) is 49.9 Å². The minimum Gasteiger partial charge on any atom is -0.460 e.